The van der Waals surface area contributed by atoms with E-state index in [1.54, 1.807) is 0 Å². The molecule has 2 aromatic rings. The molecule has 2 fully saturated rings. The maximum absolute atomic E-state index is 12.4. The summed E-state index contributed by atoms with van der Waals surface area (Å²) >= 11 is 1.39. The second kappa shape index (κ2) is 8.88. The first-order valence-electron chi connectivity index (χ1n) is 11.0. The predicted octanol–water partition coefficient (Wildman–Crippen LogP) is 3.71. The van der Waals surface area contributed by atoms with E-state index in [1.807, 2.05) is 20.8 Å². The number of piperidine rings is 2. The molecule has 2 saturated heterocycles. The summed E-state index contributed by atoms with van der Waals surface area (Å²) < 4.78 is 5.23. The van der Waals surface area contributed by atoms with Crippen molar-refractivity contribution in [3.63, 3.8) is 0 Å². The van der Waals surface area contributed by atoms with Crippen molar-refractivity contribution in [2.45, 2.75) is 52.9 Å². The van der Waals surface area contributed by atoms with Gasteiger partial charge in [0.2, 0.25) is 5.91 Å². The van der Waals surface area contributed by atoms with E-state index in [-0.39, 0.29) is 5.97 Å². The Kier molecular flexibility index (Phi) is 6.22. The van der Waals surface area contributed by atoms with Crippen molar-refractivity contribution < 1.29 is 14.3 Å². The van der Waals surface area contributed by atoms with Crippen molar-refractivity contribution in [3.05, 3.63) is 16.3 Å². The highest BCUT2D eigenvalue weighted by atomic mass is 32.1. The average molecular weight is 431 g/mol. The number of amides is 1. The van der Waals surface area contributed by atoms with Crippen molar-refractivity contribution in [1.29, 1.82) is 0 Å². The molecule has 4 rings (SSSR count). The summed E-state index contributed by atoms with van der Waals surface area (Å²) in [6.45, 7) is 9.64. The van der Waals surface area contributed by atoms with Crippen LogP contribution >= 0.6 is 11.3 Å². The molecule has 0 bridgehead atoms. The van der Waals surface area contributed by atoms with E-state index in [4.69, 9.17) is 9.72 Å². The lowest BCUT2D eigenvalue weighted by Gasteiger charge is -2.36. The first kappa shape index (κ1) is 21.0. The Morgan fingerprint density at radius 3 is 2.63 bits per heavy atom. The molecule has 8 heteroatoms. The van der Waals surface area contributed by atoms with Crippen LogP contribution in [0.1, 0.15) is 60.1 Å². The van der Waals surface area contributed by atoms with Gasteiger partial charge in [-0.1, -0.05) is 0 Å². The lowest BCUT2D eigenvalue weighted by Crippen LogP contribution is -2.43. The highest BCUT2D eigenvalue weighted by Gasteiger charge is 2.28. The summed E-state index contributed by atoms with van der Waals surface area (Å²) in [5, 5.41) is 0.971. The van der Waals surface area contributed by atoms with Gasteiger partial charge in [0.15, 0.2) is 0 Å². The summed E-state index contributed by atoms with van der Waals surface area (Å²) in [5.41, 5.74) is 0.907. The van der Waals surface area contributed by atoms with Gasteiger partial charge in [-0.25, -0.2) is 14.8 Å². The minimum atomic E-state index is -0.286. The topological polar surface area (TPSA) is 75.6 Å². The standard InChI is InChI=1S/C22H30N4O3S/c1-4-29-22(28)19-14(2)18-20(23-15(3)24-21(18)30-19)25-11-8-16(9-12-25)13-26-10-6-5-7-17(26)27/h16H,4-13H2,1-3H3. The minimum absolute atomic E-state index is 0.286. The van der Waals surface area contributed by atoms with E-state index < -0.39 is 0 Å². The molecule has 2 aliphatic rings. The second-order valence-electron chi connectivity index (χ2n) is 8.28. The molecule has 0 aromatic carbocycles. The van der Waals surface area contributed by atoms with Crippen LogP contribution in [0, 0.1) is 19.8 Å². The van der Waals surface area contributed by atoms with Crippen molar-refractivity contribution in [1.82, 2.24) is 14.9 Å². The zero-order chi connectivity index (χ0) is 21.3. The molecule has 0 radical (unpaired) electrons. The maximum atomic E-state index is 12.4. The SMILES string of the molecule is CCOC(=O)c1sc2nc(C)nc(N3CCC(CN4CCCCC4=O)CC3)c2c1C. The Bertz CT molecular complexity index is 949. The van der Waals surface area contributed by atoms with Crippen molar-refractivity contribution in [3.8, 4) is 0 Å². The highest BCUT2D eigenvalue weighted by Crippen LogP contribution is 2.37. The Labute approximate surface area is 181 Å². The molecule has 0 spiro atoms. The van der Waals surface area contributed by atoms with E-state index in [2.05, 4.69) is 14.8 Å². The number of carbonyl (C=O) groups excluding carboxylic acids is 2. The molecule has 0 atom stereocenters. The van der Waals surface area contributed by atoms with Crippen molar-refractivity contribution >= 4 is 39.2 Å². The Morgan fingerprint density at radius 1 is 1.17 bits per heavy atom. The van der Waals surface area contributed by atoms with Crippen LogP contribution in [-0.2, 0) is 9.53 Å². The first-order valence-corrected chi connectivity index (χ1v) is 11.8. The van der Waals surface area contributed by atoms with Crippen LogP contribution in [0.5, 0.6) is 0 Å². The summed E-state index contributed by atoms with van der Waals surface area (Å²) in [6.07, 6.45) is 4.95. The summed E-state index contributed by atoms with van der Waals surface area (Å²) in [7, 11) is 0. The lowest BCUT2D eigenvalue weighted by molar-refractivity contribution is -0.134. The van der Waals surface area contributed by atoms with Gasteiger partial charge in [-0.3, -0.25) is 4.79 Å². The number of rotatable bonds is 5. The molecule has 2 aliphatic heterocycles. The number of thiophene rings is 1. The Morgan fingerprint density at radius 2 is 1.93 bits per heavy atom. The highest BCUT2D eigenvalue weighted by molar-refractivity contribution is 7.20. The first-order chi connectivity index (χ1) is 14.5. The van der Waals surface area contributed by atoms with E-state index in [9.17, 15) is 9.59 Å². The van der Waals surface area contributed by atoms with Crippen LogP contribution in [-0.4, -0.2) is 59.5 Å². The molecule has 0 aliphatic carbocycles. The molecule has 1 amide bonds. The number of ether oxygens (including phenoxy) is 1. The number of aromatic nitrogens is 2. The molecular formula is C22H30N4O3S. The van der Waals surface area contributed by atoms with Crippen LogP contribution in [0.3, 0.4) is 0 Å². The number of hydrogen-bond donors (Lipinski definition) is 0. The third kappa shape index (κ3) is 4.15. The largest absolute Gasteiger partial charge is 0.462 e. The zero-order valence-electron chi connectivity index (χ0n) is 18.1. The van der Waals surface area contributed by atoms with Crippen LogP contribution in [0.2, 0.25) is 0 Å². The molecule has 0 unspecified atom stereocenters. The third-order valence-corrected chi connectivity index (χ3v) is 7.32. The van der Waals surface area contributed by atoms with Gasteiger partial charge in [0.05, 0.1) is 12.0 Å². The van der Waals surface area contributed by atoms with E-state index in [0.29, 0.717) is 29.7 Å². The number of nitrogens with zero attached hydrogens (tertiary/aromatic N) is 4. The van der Waals surface area contributed by atoms with E-state index in [0.717, 1.165) is 79.3 Å². The van der Waals surface area contributed by atoms with Crippen LogP contribution in [0.15, 0.2) is 0 Å². The molecule has 7 nitrogen and oxygen atoms in total. The third-order valence-electron chi connectivity index (χ3n) is 6.16. The predicted molar refractivity (Wildman–Crippen MR) is 118 cm³/mol. The smallest absolute Gasteiger partial charge is 0.348 e. The van der Waals surface area contributed by atoms with Crippen molar-refractivity contribution in [2.75, 3.05) is 37.7 Å². The fraction of sp³-hybridized carbons (Fsp3) is 0.636. The fourth-order valence-corrected chi connectivity index (χ4v) is 5.65. The monoisotopic (exact) mass is 430 g/mol. The van der Waals surface area contributed by atoms with Gasteiger partial charge in [0.1, 0.15) is 21.3 Å². The van der Waals surface area contributed by atoms with Crippen LogP contribution in [0.4, 0.5) is 5.82 Å². The number of carbonyl (C=O) groups is 2. The Balaban J connectivity index is 1.52. The number of likely N-dealkylation sites (tertiary alicyclic amines) is 1. The van der Waals surface area contributed by atoms with Gasteiger partial charge in [-0.05, 0) is 57.9 Å². The molecule has 0 saturated carbocycles. The molecule has 30 heavy (non-hydrogen) atoms. The summed E-state index contributed by atoms with van der Waals surface area (Å²) in [6, 6.07) is 0. The van der Waals surface area contributed by atoms with E-state index >= 15 is 0 Å². The average Bonchev–Trinajstić information content (AvgIpc) is 3.06. The molecule has 0 N–H and O–H groups in total. The van der Waals surface area contributed by atoms with Gasteiger partial charge >= 0.3 is 5.97 Å². The summed E-state index contributed by atoms with van der Waals surface area (Å²) in [4.78, 5) is 39.7. The minimum Gasteiger partial charge on any atom is -0.462 e. The number of anilines is 1. The van der Waals surface area contributed by atoms with Crippen LogP contribution < -0.4 is 4.90 Å². The zero-order valence-corrected chi connectivity index (χ0v) is 18.9. The van der Waals surface area contributed by atoms with E-state index in [1.165, 1.54) is 11.3 Å². The van der Waals surface area contributed by atoms with Gasteiger partial charge in [-0.15, -0.1) is 11.3 Å². The van der Waals surface area contributed by atoms with Gasteiger partial charge < -0.3 is 14.5 Å². The number of esters is 1. The fourth-order valence-electron chi connectivity index (χ4n) is 4.54. The number of fused-ring (bicyclic) bond motifs is 1. The molecular weight excluding hydrogens is 400 g/mol. The van der Waals surface area contributed by atoms with Crippen LogP contribution in [0.25, 0.3) is 10.2 Å². The maximum Gasteiger partial charge on any atom is 0.348 e. The quantitative estimate of drug-likeness (QED) is 0.673. The van der Waals surface area contributed by atoms with Crippen molar-refractivity contribution in [2.24, 2.45) is 5.92 Å². The molecule has 162 valence electrons. The normalized spacial score (nSPS) is 18.3. The number of hydrogen-bond acceptors (Lipinski definition) is 7. The number of aryl methyl sites for hydroxylation is 2. The van der Waals surface area contributed by atoms with Gasteiger partial charge in [-0.2, -0.15) is 0 Å². The van der Waals surface area contributed by atoms with Gasteiger partial charge in [0.25, 0.3) is 0 Å². The summed E-state index contributed by atoms with van der Waals surface area (Å²) in [5.74, 6) is 2.22. The second-order valence-corrected chi connectivity index (χ2v) is 9.28. The van der Waals surface area contributed by atoms with Gasteiger partial charge in [0, 0.05) is 32.6 Å². The molecule has 4 heterocycles. The Hall–Kier alpha value is -2.22. The molecule has 2 aromatic heterocycles. The lowest BCUT2D eigenvalue weighted by atomic mass is 9.95.